The highest BCUT2D eigenvalue weighted by Gasteiger charge is 2.19. The number of aryl methyl sites for hydroxylation is 1. The van der Waals surface area contributed by atoms with Gasteiger partial charge in [-0.25, -0.2) is 0 Å². The van der Waals surface area contributed by atoms with Crippen molar-refractivity contribution in [1.82, 2.24) is 10.3 Å². The third-order valence-corrected chi connectivity index (χ3v) is 2.97. The van der Waals surface area contributed by atoms with Gasteiger partial charge in [0, 0.05) is 21.5 Å². The molecule has 18 heavy (non-hydrogen) atoms. The van der Waals surface area contributed by atoms with Crippen molar-refractivity contribution in [1.29, 1.82) is 0 Å². The number of carbonyl (C=O) groups is 1. The SMILES string of the molecule is Cc1c(C(=O)NC(C)(C)C)[nH]c2cc(Cl)ccc12. The van der Waals surface area contributed by atoms with Crippen molar-refractivity contribution in [2.45, 2.75) is 33.2 Å². The molecule has 0 bridgehead atoms. The van der Waals surface area contributed by atoms with Gasteiger partial charge in [0.25, 0.3) is 5.91 Å². The van der Waals surface area contributed by atoms with Gasteiger partial charge < -0.3 is 10.3 Å². The Bertz CT molecular complexity index is 608. The largest absolute Gasteiger partial charge is 0.350 e. The topological polar surface area (TPSA) is 44.9 Å². The average Bonchev–Trinajstić information content (AvgIpc) is 2.53. The molecule has 0 saturated carbocycles. The third-order valence-electron chi connectivity index (χ3n) is 2.74. The number of nitrogens with one attached hydrogen (secondary N) is 2. The van der Waals surface area contributed by atoms with Crippen molar-refractivity contribution in [3.63, 3.8) is 0 Å². The summed E-state index contributed by atoms with van der Waals surface area (Å²) in [4.78, 5) is 15.3. The van der Waals surface area contributed by atoms with E-state index in [4.69, 9.17) is 11.6 Å². The van der Waals surface area contributed by atoms with Crippen molar-refractivity contribution in [3.8, 4) is 0 Å². The minimum Gasteiger partial charge on any atom is -0.350 e. The minimum atomic E-state index is -0.252. The normalized spacial score (nSPS) is 11.8. The van der Waals surface area contributed by atoms with E-state index in [2.05, 4.69) is 10.3 Å². The lowest BCUT2D eigenvalue weighted by Crippen LogP contribution is -2.40. The van der Waals surface area contributed by atoms with E-state index in [1.165, 1.54) is 0 Å². The average molecular weight is 265 g/mol. The Hall–Kier alpha value is -1.48. The van der Waals surface area contributed by atoms with Crippen LogP contribution in [0.15, 0.2) is 18.2 Å². The van der Waals surface area contributed by atoms with Crippen LogP contribution >= 0.6 is 11.6 Å². The van der Waals surface area contributed by atoms with E-state index >= 15 is 0 Å². The summed E-state index contributed by atoms with van der Waals surface area (Å²) in [5.41, 5.74) is 2.18. The van der Waals surface area contributed by atoms with Gasteiger partial charge in [-0.1, -0.05) is 17.7 Å². The van der Waals surface area contributed by atoms with E-state index in [9.17, 15) is 4.79 Å². The molecule has 1 amide bonds. The van der Waals surface area contributed by atoms with Crippen LogP contribution in [-0.4, -0.2) is 16.4 Å². The Balaban J connectivity index is 2.46. The second-order valence-electron chi connectivity index (χ2n) is 5.52. The number of amides is 1. The van der Waals surface area contributed by atoms with E-state index < -0.39 is 0 Å². The van der Waals surface area contributed by atoms with Crippen LogP contribution in [0.4, 0.5) is 0 Å². The monoisotopic (exact) mass is 264 g/mol. The highest BCUT2D eigenvalue weighted by molar-refractivity contribution is 6.31. The first-order valence-corrected chi connectivity index (χ1v) is 6.26. The number of hydrogen-bond acceptors (Lipinski definition) is 1. The number of aromatic amines is 1. The molecule has 2 aromatic rings. The van der Waals surface area contributed by atoms with Crippen LogP contribution in [0.1, 0.15) is 36.8 Å². The van der Waals surface area contributed by atoms with Gasteiger partial charge in [-0.3, -0.25) is 4.79 Å². The fraction of sp³-hybridized carbons (Fsp3) is 0.357. The Morgan fingerprint density at radius 2 is 2.00 bits per heavy atom. The van der Waals surface area contributed by atoms with Crippen molar-refractivity contribution in [3.05, 3.63) is 34.5 Å². The zero-order valence-corrected chi connectivity index (χ0v) is 11.8. The number of fused-ring (bicyclic) bond motifs is 1. The van der Waals surface area contributed by atoms with Gasteiger partial charge in [0.05, 0.1) is 0 Å². The van der Waals surface area contributed by atoms with Gasteiger partial charge in [0.1, 0.15) is 5.69 Å². The van der Waals surface area contributed by atoms with Crippen LogP contribution in [0.3, 0.4) is 0 Å². The summed E-state index contributed by atoms with van der Waals surface area (Å²) in [5, 5.41) is 4.63. The maximum atomic E-state index is 12.2. The molecule has 0 aliphatic heterocycles. The van der Waals surface area contributed by atoms with Gasteiger partial charge in [-0.05, 0) is 45.4 Å². The maximum absolute atomic E-state index is 12.2. The molecule has 0 radical (unpaired) electrons. The second kappa shape index (κ2) is 4.32. The minimum absolute atomic E-state index is 0.0904. The lowest BCUT2D eigenvalue weighted by molar-refractivity contribution is 0.0914. The van der Waals surface area contributed by atoms with Gasteiger partial charge in [-0.2, -0.15) is 0 Å². The number of halogens is 1. The molecule has 3 nitrogen and oxygen atoms in total. The first kappa shape index (κ1) is 13.0. The molecule has 0 unspecified atom stereocenters. The highest BCUT2D eigenvalue weighted by atomic mass is 35.5. The summed E-state index contributed by atoms with van der Waals surface area (Å²) in [6.07, 6.45) is 0. The molecule has 1 aromatic carbocycles. The lowest BCUT2D eigenvalue weighted by atomic mass is 10.1. The Morgan fingerprint density at radius 1 is 1.33 bits per heavy atom. The molecular weight excluding hydrogens is 248 g/mol. The first-order chi connectivity index (χ1) is 8.28. The van der Waals surface area contributed by atoms with E-state index in [1.807, 2.05) is 45.9 Å². The number of rotatable bonds is 1. The standard InChI is InChI=1S/C14H17ClN2O/c1-8-10-6-5-9(15)7-11(10)16-12(8)13(18)17-14(2,3)4/h5-7,16H,1-4H3,(H,17,18). The number of hydrogen-bond donors (Lipinski definition) is 2. The van der Waals surface area contributed by atoms with Crippen LogP contribution < -0.4 is 5.32 Å². The summed E-state index contributed by atoms with van der Waals surface area (Å²) in [5.74, 6) is -0.0904. The van der Waals surface area contributed by atoms with E-state index in [1.54, 1.807) is 0 Å². The zero-order valence-electron chi connectivity index (χ0n) is 11.0. The summed E-state index contributed by atoms with van der Waals surface area (Å²) >= 11 is 5.95. The molecule has 0 spiro atoms. The van der Waals surface area contributed by atoms with Crippen molar-refractivity contribution in [2.75, 3.05) is 0 Å². The quantitative estimate of drug-likeness (QED) is 0.811. The zero-order chi connectivity index (χ0) is 13.5. The predicted octanol–water partition coefficient (Wildman–Crippen LogP) is 3.66. The molecule has 1 aromatic heterocycles. The van der Waals surface area contributed by atoms with Crippen molar-refractivity contribution < 1.29 is 4.79 Å². The van der Waals surface area contributed by atoms with Gasteiger partial charge in [-0.15, -0.1) is 0 Å². The highest BCUT2D eigenvalue weighted by Crippen LogP contribution is 2.24. The molecule has 2 rings (SSSR count). The fourth-order valence-electron chi connectivity index (χ4n) is 1.94. The molecule has 2 N–H and O–H groups in total. The Morgan fingerprint density at radius 3 is 2.61 bits per heavy atom. The number of H-pyrrole nitrogens is 1. The second-order valence-corrected chi connectivity index (χ2v) is 5.96. The molecular formula is C14H17ClN2O. The summed E-state index contributed by atoms with van der Waals surface area (Å²) in [6.45, 7) is 7.81. The van der Waals surface area contributed by atoms with Crippen LogP contribution in [-0.2, 0) is 0 Å². The Labute approximate surface area is 112 Å². The number of benzene rings is 1. The summed E-state index contributed by atoms with van der Waals surface area (Å²) in [6, 6.07) is 5.59. The van der Waals surface area contributed by atoms with Gasteiger partial charge in [0.2, 0.25) is 0 Å². The van der Waals surface area contributed by atoms with E-state index in [-0.39, 0.29) is 11.4 Å². The summed E-state index contributed by atoms with van der Waals surface area (Å²) in [7, 11) is 0. The first-order valence-electron chi connectivity index (χ1n) is 5.88. The van der Waals surface area contributed by atoms with E-state index in [0.29, 0.717) is 10.7 Å². The van der Waals surface area contributed by atoms with Crippen LogP contribution in [0, 0.1) is 6.92 Å². The van der Waals surface area contributed by atoms with Gasteiger partial charge >= 0.3 is 0 Å². The van der Waals surface area contributed by atoms with Crippen LogP contribution in [0.5, 0.6) is 0 Å². The summed E-state index contributed by atoms with van der Waals surface area (Å²) < 4.78 is 0. The molecule has 1 heterocycles. The lowest BCUT2D eigenvalue weighted by Gasteiger charge is -2.20. The van der Waals surface area contributed by atoms with Gasteiger partial charge in [0.15, 0.2) is 0 Å². The third kappa shape index (κ3) is 2.51. The molecule has 0 fully saturated rings. The molecule has 0 saturated heterocycles. The molecule has 0 aliphatic carbocycles. The van der Waals surface area contributed by atoms with Crippen LogP contribution in [0.2, 0.25) is 5.02 Å². The van der Waals surface area contributed by atoms with E-state index in [0.717, 1.165) is 16.5 Å². The fourth-order valence-corrected chi connectivity index (χ4v) is 2.11. The number of aromatic nitrogens is 1. The predicted molar refractivity (Wildman–Crippen MR) is 75.3 cm³/mol. The molecule has 96 valence electrons. The molecule has 0 aliphatic rings. The molecule has 0 atom stereocenters. The van der Waals surface area contributed by atoms with Crippen molar-refractivity contribution >= 4 is 28.4 Å². The van der Waals surface area contributed by atoms with Crippen LogP contribution in [0.25, 0.3) is 10.9 Å². The smallest absolute Gasteiger partial charge is 0.268 e. The number of carbonyl (C=O) groups excluding carboxylic acids is 1. The molecule has 4 heteroatoms. The Kier molecular flexibility index (Phi) is 3.11. The van der Waals surface area contributed by atoms with Crippen molar-refractivity contribution in [2.24, 2.45) is 0 Å². The maximum Gasteiger partial charge on any atom is 0.268 e.